The normalized spacial score (nSPS) is 14.1. The summed E-state index contributed by atoms with van der Waals surface area (Å²) in [5, 5.41) is 0. The first-order valence-corrected chi connectivity index (χ1v) is 7.78. The maximum absolute atomic E-state index is 11.5. The lowest BCUT2D eigenvalue weighted by atomic mass is 11.2. The average Bonchev–Trinajstić information content (AvgIpc) is 1.96. The second kappa shape index (κ2) is 5.06. The fraction of sp³-hybridized carbons (Fsp3) is 1.00. The zero-order valence-corrected chi connectivity index (χ0v) is 12.0. The first-order valence-electron chi connectivity index (χ1n) is 4.38. The summed E-state index contributed by atoms with van der Waals surface area (Å²) in [6.45, 7) is 0. The minimum absolute atomic E-state index is 1.87. The van der Waals surface area contributed by atoms with Gasteiger partial charge in [0.15, 0.2) is 7.51 Å². The Bertz CT molecular complexity index is 278. The molecule has 0 radical (unpaired) electrons. The van der Waals surface area contributed by atoms with E-state index in [1.807, 2.05) is 56.3 Å². The smallest absolute Gasteiger partial charge is 0.263 e. The third kappa shape index (κ3) is 3.64. The molecule has 0 rings (SSSR count). The van der Waals surface area contributed by atoms with Gasteiger partial charge in [0.2, 0.25) is 0 Å². The summed E-state index contributed by atoms with van der Waals surface area (Å²) >= 11 is 0. The maximum Gasteiger partial charge on any atom is 0.320 e. The molecule has 0 aromatic heterocycles. The molecular weight excluding hydrogens is 234 g/mol. The monoisotopic (exact) mass is 256 g/mol. The van der Waals surface area contributed by atoms with E-state index in [9.17, 15) is 4.57 Å². The van der Waals surface area contributed by atoms with Crippen LogP contribution in [0.3, 0.4) is 0 Å². The summed E-state index contributed by atoms with van der Waals surface area (Å²) in [7, 11) is 5.59. The Labute approximate surface area is 92.1 Å². The Kier molecular flexibility index (Phi) is 5.15. The van der Waals surface area contributed by atoms with Gasteiger partial charge in [0.1, 0.15) is 0 Å². The van der Waals surface area contributed by atoms with Gasteiger partial charge in [-0.15, -0.1) is 0 Å². The number of rotatable bonds is 4. The zero-order chi connectivity index (χ0) is 12.4. The van der Waals surface area contributed by atoms with Gasteiger partial charge in [0.25, 0.3) is 0 Å². The van der Waals surface area contributed by atoms with E-state index in [0.29, 0.717) is 0 Å². The quantitative estimate of drug-likeness (QED) is 0.717. The predicted molar refractivity (Wildman–Crippen MR) is 66.4 cm³/mol. The fourth-order valence-corrected chi connectivity index (χ4v) is 7.07. The van der Waals surface area contributed by atoms with Crippen molar-refractivity contribution in [1.29, 1.82) is 0 Å². The molecule has 0 spiro atoms. The number of nitrogens with zero attached hydrogens (tertiary/aromatic N) is 4. The molecule has 0 aliphatic heterocycles. The topological polar surface area (TPSA) is 91.2 Å². The van der Waals surface area contributed by atoms with Gasteiger partial charge in [0, 0.05) is 0 Å². The van der Waals surface area contributed by atoms with Crippen LogP contribution in [0.15, 0.2) is 4.52 Å². The lowest BCUT2D eigenvalue weighted by Gasteiger charge is -2.41. The van der Waals surface area contributed by atoms with Gasteiger partial charge in [0.05, 0.1) is 0 Å². The molecule has 0 aliphatic rings. The van der Waals surface area contributed by atoms with E-state index in [2.05, 4.69) is 4.52 Å². The minimum atomic E-state index is -3.40. The number of nitrogens with two attached hydrogens (primary N) is 2. The molecule has 0 fully saturated rings. The van der Waals surface area contributed by atoms with Crippen molar-refractivity contribution in [3.63, 3.8) is 0 Å². The highest BCUT2D eigenvalue weighted by atomic mass is 31.2. The van der Waals surface area contributed by atoms with Gasteiger partial charge in [-0.2, -0.15) is 4.52 Å². The summed E-state index contributed by atoms with van der Waals surface area (Å²) in [6.07, 6.45) is 0. The van der Waals surface area contributed by atoms with E-state index < -0.39 is 15.1 Å². The van der Waals surface area contributed by atoms with Crippen LogP contribution in [-0.4, -0.2) is 56.3 Å². The molecular formula is C6H22N6OP2. The van der Waals surface area contributed by atoms with Crippen molar-refractivity contribution in [1.82, 2.24) is 14.0 Å². The van der Waals surface area contributed by atoms with Gasteiger partial charge in [-0.3, -0.25) is 29.6 Å². The van der Waals surface area contributed by atoms with Crippen molar-refractivity contribution in [2.24, 2.45) is 15.5 Å². The Morgan fingerprint density at radius 2 is 1.13 bits per heavy atom. The first kappa shape index (κ1) is 15.3. The largest absolute Gasteiger partial charge is 0.320 e. The van der Waals surface area contributed by atoms with E-state index in [1.54, 1.807) is 0 Å². The van der Waals surface area contributed by atoms with Crippen LogP contribution >= 0.6 is 15.1 Å². The van der Waals surface area contributed by atoms with Crippen LogP contribution in [-0.2, 0) is 4.57 Å². The number of hydrogen-bond donors (Lipinski definition) is 2. The van der Waals surface area contributed by atoms with Gasteiger partial charge in [-0.25, -0.2) is 0 Å². The number of hydrogen-bond acceptors (Lipinski definition) is 1. The molecule has 15 heavy (non-hydrogen) atoms. The molecule has 0 atom stereocenters. The van der Waals surface area contributed by atoms with Crippen molar-refractivity contribution in [2.45, 2.75) is 0 Å². The van der Waals surface area contributed by atoms with Crippen LogP contribution in [0.25, 0.3) is 0 Å². The average molecular weight is 256 g/mol. The van der Waals surface area contributed by atoms with Crippen LogP contribution in [0.5, 0.6) is 0 Å². The lowest BCUT2D eigenvalue weighted by molar-refractivity contribution is 0.474. The van der Waals surface area contributed by atoms with Crippen molar-refractivity contribution in [2.75, 3.05) is 42.3 Å². The van der Waals surface area contributed by atoms with E-state index in [4.69, 9.17) is 11.0 Å². The predicted octanol–water partition coefficient (Wildman–Crippen LogP) is 0.643. The van der Waals surface area contributed by atoms with Crippen LogP contribution in [0.2, 0.25) is 0 Å². The summed E-state index contributed by atoms with van der Waals surface area (Å²) in [5.74, 6) is 0. The zero-order valence-electron chi connectivity index (χ0n) is 10.2. The summed E-state index contributed by atoms with van der Waals surface area (Å²) in [5.41, 5.74) is 10.7. The molecule has 0 aromatic rings. The van der Waals surface area contributed by atoms with Crippen molar-refractivity contribution < 1.29 is 4.57 Å². The molecule has 0 unspecified atom stereocenters. The molecule has 4 N–H and O–H groups in total. The molecule has 0 aromatic carbocycles. The fourth-order valence-electron chi connectivity index (χ4n) is 1.50. The SMILES string of the molecule is CN(C)P(=NP(N)(N)=O)(N(C)C)N(C)C. The highest BCUT2D eigenvalue weighted by Crippen LogP contribution is 2.60. The molecule has 0 heterocycles. The van der Waals surface area contributed by atoms with E-state index in [0.717, 1.165) is 0 Å². The molecule has 9 heteroatoms. The van der Waals surface area contributed by atoms with Crippen LogP contribution in [0.4, 0.5) is 0 Å². The minimum Gasteiger partial charge on any atom is -0.263 e. The van der Waals surface area contributed by atoms with Gasteiger partial charge in [-0.1, -0.05) is 0 Å². The molecule has 7 nitrogen and oxygen atoms in total. The van der Waals surface area contributed by atoms with Gasteiger partial charge in [-0.05, 0) is 42.3 Å². The molecule has 0 amide bonds. The van der Waals surface area contributed by atoms with E-state index in [1.165, 1.54) is 0 Å². The molecule has 0 aliphatic carbocycles. The van der Waals surface area contributed by atoms with Gasteiger partial charge >= 0.3 is 7.59 Å². The van der Waals surface area contributed by atoms with Gasteiger partial charge < -0.3 is 0 Å². The highest BCUT2D eigenvalue weighted by Gasteiger charge is 2.31. The second-order valence-corrected chi connectivity index (χ2v) is 9.37. The Hall–Kier alpha value is 0.260. The highest BCUT2D eigenvalue weighted by molar-refractivity contribution is 7.70. The third-order valence-electron chi connectivity index (χ3n) is 1.87. The molecule has 92 valence electrons. The van der Waals surface area contributed by atoms with Crippen LogP contribution in [0.1, 0.15) is 0 Å². The Balaban J connectivity index is 5.77. The standard InChI is InChI=1S/C6H22N6OP2/c1-10(2)15(11(3)4,12(5)6)9-14(7,8)13/h1-6H3,(H4,7,8,13). The van der Waals surface area contributed by atoms with Crippen molar-refractivity contribution in [3.8, 4) is 0 Å². The third-order valence-corrected chi connectivity index (χ3v) is 7.17. The van der Waals surface area contributed by atoms with E-state index in [-0.39, 0.29) is 0 Å². The van der Waals surface area contributed by atoms with Crippen LogP contribution in [0, 0.1) is 0 Å². The lowest BCUT2D eigenvalue weighted by Crippen LogP contribution is -2.31. The first-order chi connectivity index (χ1) is 6.54. The Morgan fingerprint density at radius 1 is 0.867 bits per heavy atom. The van der Waals surface area contributed by atoms with E-state index >= 15 is 0 Å². The summed E-state index contributed by atoms with van der Waals surface area (Å²) in [4.78, 5) is 0. The molecule has 0 bridgehead atoms. The molecule has 0 saturated carbocycles. The molecule has 0 saturated heterocycles. The second-order valence-electron chi connectivity index (χ2n) is 3.84. The van der Waals surface area contributed by atoms with Crippen LogP contribution < -0.4 is 11.0 Å². The summed E-state index contributed by atoms with van der Waals surface area (Å²) < 4.78 is 21.3. The maximum atomic E-state index is 11.5. The summed E-state index contributed by atoms with van der Waals surface area (Å²) in [6, 6.07) is 0. The van der Waals surface area contributed by atoms with Crippen molar-refractivity contribution in [3.05, 3.63) is 0 Å². The van der Waals surface area contributed by atoms with Crippen molar-refractivity contribution >= 4 is 15.1 Å². The Morgan fingerprint density at radius 3 is 1.20 bits per heavy atom.